The van der Waals surface area contributed by atoms with E-state index in [1.54, 1.807) is 12.1 Å². The zero-order valence-electron chi connectivity index (χ0n) is 14.6. The molecule has 0 aliphatic carbocycles. The van der Waals surface area contributed by atoms with Gasteiger partial charge in [-0.15, -0.1) is 0 Å². The summed E-state index contributed by atoms with van der Waals surface area (Å²) in [5.41, 5.74) is 8.04. The van der Waals surface area contributed by atoms with Crippen molar-refractivity contribution in [3.05, 3.63) is 63.9 Å². The Kier molecular flexibility index (Phi) is 5.76. The van der Waals surface area contributed by atoms with Crippen LogP contribution < -0.4 is 20.9 Å². The molecule has 1 aliphatic heterocycles. The average Bonchev–Trinajstić information content (AvgIpc) is 3.06. The van der Waals surface area contributed by atoms with Crippen LogP contribution in [0.2, 0.25) is 5.02 Å². The lowest BCUT2D eigenvalue weighted by molar-refractivity contribution is 0.0947. The van der Waals surface area contributed by atoms with E-state index in [2.05, 4.69) is 23.1 Å². The fourth-order valence-corrected chi connectivity index (χ4v) is 3.33. The van der Waals surface area contributed by atoms with Gasteiger partial charge >= 0.3 is 0 Å². The number of hydrogen-bond acceptors (Lipinski definition) is 4. The van der Waals surface area contributed by atoms with E-state index in [4.69, 9.17) is 16.3 Å². The van der Waals surface area contributed by atoms with Crippen molar-refractivity contribution in [2.45, 2.75) is 25.4 Å². The monoisotopic (exact) mass is 377 g/mol. The maximum atomic E-state index is 13.8. The second-order valence-corrected chi connectivity index (χ2v) is 6.67. The maximum absolute atomic E-state index is 13.8. The molecule has 0 spiro atoms. The molecule has 0 aromatic heterocycles. The van der Waals surface area contributed by atoms with Gasteiger partial charge in [0, 0.05) is 35.6 Å². The number of hydrogen-bond donors (Lipinski definition) is 3. The van der Waals surface area contributed by atoms with E-state index in [0.717, 1.165) is 12.1 Å². The van der Waals surface area contributed by atoms with Gasteiger partial charge in [0.05, 0.1) is 12.7 Å². The standard InChI is InChI=1S/C19H21ClFN3O2/c1-11-14(10-23-24-11)12-6-7-13(18(8-12)26-2)19(25)22-9-15-16(20)4-3-5-17(15)21/h3-8,11,14,23-24H,9-10H2,1-2H3,(H,22,25). The third-order valence-corrected chi connectivity index (χ3v) is 5.00. The highest BCUT2D eigenvalue weighted by atomic mass is 35.5. The number of methoxy groups -OCH3 is 1. The number of carbonyl (C=O) groups excluding carboxylic acids is 1. The Hall–Kier alpha value is -2.15. The van der Waals surface area contributed by atoms with E-state index < -0.39 is 5.82 Å². The first kappa shape index (κ1) is 18.6. The van der Waals surface area contributed by atoms with E-state index in [-0.39, 0.29) is 29.1 Å². The summed E-state index contributed by atoms with van der Waals surface area (Å²) < 4.78 is 19.2. The molecular formula is C19H21ClFN3O2. The quantitative estimate of drug-likeness (QED) is 0.749. The summed E-state index contributed by atoms with van der Waals surface area (Å²) in [5.74, 6) is -0.0178. The number of hydrazine groups is 1. The third-order valence-electron chi connectivity index (χ3n) is 4.64. The van der Waals surface area contributed by atoms with Gasteiger partial charge in [0.25, 0.3) is 5.91 Å². The van der Waals surface area contributed by atoms with Gasteiger partial charge in [0.2, 0.25) is 0 Å². The van der Waals surface area contributed by atoms with E-state index in [1.165, 1.54) is 19.2 Å². The minimum Gasteiger partial charge on any atom is -0.496 e. The molecule has 2 atom stereocenters. The Morgan fingerprint density at radius 3 is 2.85 bits per heavy atom. The predicted molar refractivity (Wildman–Crippen MR) is 98.9 cm³/mol. The maximum Gasteiger partial charge on any atom is 0.255 e. The van der Waals surface area contributed by atoms with Crippen molar-refractivity contribution in [3.63, 3.8) is 0 Å². The van der Waals surface area contributed by atoms with Gasteiger partial charge in [-0.2, -0.15) is 0 Å². The second-order valence-electron chi connectivity index (χ2n) is 6.26. The summed E-state index contributed by atoms with van der Waals surface area (Å²) in [4.78, 5) is 12.5. The van der Waals surface area contributed by atoms with Crippen LogP contribution in [0.5, 0.6) is 5.75 Å². The Labute approximate surface area is 156 Å². The first-order valence-corrected chi connectivity index (χ1v) is 8.76. The van der Waals surface area contributed by atoms with Crippen LogP contribution >= 0.6 is 11.6 Å². The van der Waals surface area contributed by atoms with Gasteiger partial charge in [-0.05, 0) is 36.8 Å². The van der Waals surface area contributed by atoms with Gasteiger partial charge in [-0.1, -0.05) is 23.7 Å². The highest BCUT2D eigenvalue weighted by Crippen LogP contribution is 2.28. The first-order chi connectivity index (χ1) is 12.5. The molecule has 1 fully saturated rings. The number of halogens is 2. The van der Waals surface area contributed by atoms with E-state index >= 15 is 0 Å². The molecule has 3 rings (SSSR count). The summed E-state index contributed by atoms with van der Waals surface area (Å²) >= 11 is 6.00. The molecule has 7 heteroatoms. The smallest absolute Gasteiger partial charge is 0.255 e. The highest BCUT2D eigenvalue weighted by molar-refractivity contribution is 6.31. The molecular weight excluding hydrogens is 357 g/mol. The Balaban J connectivity index is 1.76. The minimum atomic E-state index is -0.449. The number of carbonyl (C=O) groups is 1. The minimum absolute atomic E-state index is 0.00272. The van der Waals surface area contributed by atoms with Crippen LogP contribution in [0, 0.1) is 5.82 Å². The van der Waals surface area contributed by atoms with Crippen LogP contribution in [0.25, 0.3) is 0 Å². The zero-order valence-corrected chi connectivity index (χ0v) is 15.4. The molecule has 2 aromatic carbocycles. The number of ether oxygens (including phenoxy) is 1. The molecule has 138 valence electrons. The normalized spacial score (nSPS) is 19.4. The number of amides is 1. The molecule has 5 nitrogen and oxygen atoms in total. The topological polar surface area (TPSA) is 62.4 Å². The Morgan fingerprint density at radius 2 is 2.19 bits per heavy atom. The van der Waals surface area contributed by atoms with Crippen LogP contribution in [-0.2, 0) is 6.54 Å². The number of benzene rings is 2. The molecule has 26 heavy (non-hydrogen) atoms. The number of rotatable bonds is 5. The first-order valence-electron chi connectivity index (χ1n) is 8.38. The van der Waals surface area contributed by atoms with Crippen LogP contribution in [0.1, 0.15) is 34.3 Å². The van der Waals surface area contributed by atoms with E-state index in [0.29, 0.717) is 17.2 Å². The molecule has 2 unspecified atom stereocenters. The van der Waals surface area contributed by atoms with Crippen molar-refractivity contribution < 1.29 is 13.9 Å². The average molecular weight is 378 g/mol. The van der Waals surface area contributed by atoms with Gasteiger partial charge < -0.3 is 10.1 Å². The molecule has 0 saturated carbocycles. The molecule has 1 saturated heterocycles. The van der Waals surface area contributed by atoms with Crippen molar-refractivity contribution in [1.29, 1.82) is 0 Å². The van der Waals surface area contributed by atoms with Crippen molar-refractivity contribution in [2.75, 3.05) is 13.7 Å². The highest BCUT2D eigenvalue weighted by Gasteiger charge is 2.25. The molecule has 2 aromatic rings. The van der Waals surface area contributed by atoms with Gasteiger partial charge in [-0.3, -0.25) is 15.6 Å². The van der Waals surface area contributed by atoms with Crippen LogP contribution in [0.15, 0.2) is 36.4 Å². The molecule has 3 N–H and O–H groups in total. The molecule has 1 aliphatic rings. The lowest BCUT2D eigenvalue weighted by Crippen LogP contribution is -2.28. The van der Waals surface area contributed by atoms with E-state index in [9.17, 15) is 9.18 Å². The van der Waals surface area contributed by atoms with Crippen molar-refractivity contribution in [3.8, 4) is 5.75 Å². The fraction of sp³-hybridized carbons (Fsp3) is 0.316. The lowest BCUT2D eigenvalue weighted by Gasteiger charge is -2.17. The molecule has 1 heterocycles. The summed E-state index contributed by atoms with van der Waals surface area (Å²) in [6.07, 6.45) is 0. The van der Waals surface area contributed by atoms with Crippen molar-refractivity contribution >= 4 is 17.5 Å². The summed E-state index contributed by atoms with van der Waals surface area (Å²) in [6.45, 7) is 2.90. The SMILES string of the molecule is COc1cc(C2CNNC2C)ccc1C(=O)NCc1c(F)cccc1Cl. The Morgan fingerprint density at radius 1 is 1.38 bits per heavy atom. The van der Waals surface area contributed by atoms with Gasteiger partial charge in [0.15, 0.2) is 0 Å². The Bertz CT molecular complexity index is 795. The van der Waals surface area contributed by atoms with Crippen LogP contribution in [0.3, 0.4) is 0 Å². The van der Waals surface area contributed by atoms with Gasteiger partial charge in [0.1, 0.15) is 11.6 Å². The van der Waals surface area contributed by atoms with Gasteiger partial charge in [-0.25, -0.2) is 4.39 Å². The molecule has 0 bridgehead atoms. The largest absolute Gasteiger partial charge is 0.496 e. The second kappa shape index (κ2) is 8.03. The molecule has 1 amide bonds. The van der Waals surface area contributed by atoms with Crippen molar-refractivity contribution in [1.82, 2.24) is 16.2 Å². The molecule has 0 radical (unpaired) electrons. The van der Waals surface area contributed by atoms with Crippen molar-refractivity contribution in [2.24, 2.45) is 0 Å². The lowest BCUT2D eigenvalue weighted by atomic mass is 9.93. The number of nitrogens with one attached hydrogen (secondary N) is 3. The fourth-order valence-electron chi connectivity index (χ4n) is 3.10. The third kappa shape index (κ3) is 3.82. The summed E-state index contributed by atoms with van der Waals surface area (Å²) in [5, 5.41) is 2.98. The zero-order chi connectivity index (χ0) is 18.7. The predicted octanol–water partition coefficient (Wildman–Crippen LogP) is 3.00. The summed E-state index contributed by atoms with van der Waals surface area (Å²) in [7, 11) is 1.53. The summed E-state index contributed by atoms with van der Waals surface area (Å²) in [6, 6.07) is 10.2. The van der Waals surface area contributed by atoms with Crippen LogP contribution in [-0.4, -0.2) is 25.6 Å². The van der Waals surface area contributed by atoms with Crippen LogP contribution in [0.4, 0.5) is 4.39 Å². The van der Waals surface area contributed by atoms with E-state index in [1.807, 2.05) is 12.1 Å².